The van der Waals surface area contributed by atoms with E-state index in [1.807, 2.05) is 0 Å². The van der Waals surface area contributed by atoms with Crippen LogP contribution in [0.2, 0.25) is 0 Å². The third-order valence-electron chi connectivity index (χ3n) is 1.31. The molecule has 0 heterocycles. The standard InChI is InChI=1S/C7H15ClO3S/c1-7(2)3-4-11-5-6-12(8,9)10/h7H,3-6H2,1-2H3. The lowest BCUT2D eigenvalue weighted by atomic mass is 10.1. The molecule has 5 heteroatoms. The number of hydrogen-bond donors (Lipinski definition) is 0. The molecule has 0 bridgehead atoms. The van der Waals surface area contributed by atoms with Crippen molar-refractivity contribution < 1.29 is 13.2 Å². The van der Waals surface area contributed by atoms with Gasteiger partial charge in [0.05, 0.1) is 12.4 Å². The van der Waals surface area contributed by atoms with Crippen LogP contribution >= 0.6 is 10.7 Å². The molecule has 3 nitrogen and oxygen atoms in total. The first-order chi connectivity index (χ1) is 5.42. The monoisotopic (exact) mass is 214 g/mol. The van der Waals surface area contributed by atoms with Gasteiger partial charge < -0.3 is 4.74 Å². The molecule has 0 unspecified atom stereocenters. The van der Waals surface area contributed by atoms with Crippen LogP contribution in [0.1, 0.15) is 20.3 Å². The molecule has 12 heavy (non-hydrogen) atoms. The summed E-state index contributed by atoms with van der Waals surface area (Å²) in [7, 11) is 1.59. The van der Waals surface area contributed by atoms with Gasteiger partial charge in [-0.1, -0.05) is 13.8 Å². The third kappa shape index (κ3) is 10.2. The molecule has 0 aromatic rings. The highest BCUT2D eigenvalue weighted by molar-refractivity contribution is 8.13. The maximum Gasteiger partial charge on any atom is 0.234 e. The van der Waals surface area contributed by atoms with Crippen molar-refractivity contribution in [3.63, 3.8) is 0 Å². The van der Waals surface area contributed by atoms with Gasteiger partial charge in [0.1, 0.15) is 0 Å². The van der Waals surface area contributed by atoms with Crippen LogP contribution in [-0.4, -0.2) is 27.4 Å². The van der Waals surface area contributed by atoms with Gasteiger partial charge in [0.15, 0.2) is 0 Å². The molecule has 0 N–H and O–H groups in total. The molecule has 0 fully saturated rings. The van der Waals surface area contributed by atoms with E-state index in [4.69, 9.17) is 15.4 Å². The molecule has 0 saturated carbocycles. The lowest BCUT2D eigenvalue weighted by molar-refractivity contribution is 0.137. The van der Waals surface area contributed by atoms with Gasteiger partial charge >= 0.3 is 0 Å². The van der Waals surface area contributed by atoms with Crippen molar-refractivity contribution in [1.82, 2.24) is 0 Å². The second-order valence-corrected chi connectivity index (χ2v) is 5.93. The highest BCUT2D eigenvalue weighted by atomic mass is 35.7. The molecule has 0 aromatic heterocycles. The summed E-state index contributed by atoms with van der Waals surface area (Å²) in [5.41, 5.74) is 0. The van der Waals surface area contributed by atoms with Crippen LogP contribution in [0.4, 0.5) is 0 Å². The van der Waals surface area contributed by atoms with Crippen LogP contribution in [0.3, 0.4) is 0 Å². The molecule has 0 spiro atoms. The first-order valence-electron chi connectivity index (χ1n) is 3.92. The minimum absolute atomic E-state index is 0.105. The van der Waals surface area contributed by atoms with Crippen molar-refractivity contribution in [2.75, 3.05) is 19.0 Å². The van der Waals surface area contributed by atoms with Gasteiger partial charge in [-0.05, 0) is 12.3 Å². The van der Waals surface area contributed by atoms with Crippen molar-refractivity contribution in [2.45, 2.75) is 20.3 Å². The summed E-state index contributed by atoms with van der Waals surface area (Å²) >= 11 is 0. The van der Waals surface area contributed by atoms with E-state index in [0.717, 1.165) is 6.42 Å². The number of ether oxygens (including phenoxy) is 1. The molecular formula is C7H15ClO3S. The second kappa shape index (κ2) is 5.78. The first-order valence-corrected chi connectivity index (χ1v) is 6.40. The number of rotatable bonds is 6. The summed E-state index contributed by atoms with van der Waals surface area (Å²) in [5.74, 6) is 0.477. The molecule has 74 valence electrons. The highest BCUT2D eigenvalue weighted by Gasteiger charge is 2.03. The molecule has 0 aromatic carbocycles. The maximum absolute atomic E-state index is 10.4. The smallest absolute Gasteiger partial charge is 0.234 e. The lowest BCUT2D eigenvalue weighted by Gasteiger charge is -2.04. The quantitative estimate of drug-likeness (QED) is 0.499. The van der Waals surface area contributed by atoms with Crippen LogP contribution in [0.25, 0.3) is 0 Å². The third-order valence-corrected chi connectivity index (χ3v) is 2.43. The zero-order chi connectivity index (χ0) is 9.61. The molecule has 0 aliphatic heterocycles. The second-order valence-electron chi connectivity index (χ2n) is 3.04. The van der Waals surface area contributed by atoms with Crippen molar-refractivity contribution in [3.05, 3.63) is 0 Å². The van der Waals surface area contributed by atoms with E-state index in [0.29, 0.717) is 12.5 Å². The fourth-order valence-corrected chi connectivity index (χ4v) is 1.09. The zero-order valence-corrected chi connectivity index (χ0v) is 8.99. The summed E-state index contributed by atoms with van der Waals surface area (Å²) in [5, 5.41) is 0. The van der Waals surface area contributed by atoms with Crippen LogP contribution in [0, 0.1) is 5.92 Å². The Morgan fingerprint density at radius 2 is 1.92 bits per heavy atom. The summed E-state index contributed by atoms with van der Waals surface area (Å²) in [6.45, 7) is 4.96. The number of hydrogen-bond acceptors (Lipinski definition) is 3. The van der Waals surface area contributed by atoms with Gasteiger partial charge in [0, 0.05) is 17.3 Å². The van der Waals surface area contributed by atoms with Gasteiger partial charge in [0.25, 0.3) is 0 Å². The van der Waals surface area contributed by atoms with E-state index < -0.39 is 9.05 Å². The molecule has 0 aliphatic rings. The maximum atomic E-state index is 10.4. The first kappa shape index (κ1) is 12.2. The Balaban J connectivity index is 3.23. The Morgan fingerprint density at radius 1 is 1.33 bits per heavy atom. The van der Waals surface area contributed by atoms with E-state index in [1.54, 1.807) is 0 Å². The fourth-order valence-electron chi connectivity index (χ4n) is 0.580. The average molecular weight is 215 g/mol. The van der Waals surface area contributed by atoms with Gasteiger partial charge in [-0.3, -0.25) is 0 Å². The average Bonchev–Trinajstić information content (AvgIpc) is 1.83. The van der Waals surface area contributed by atoms with Crippen molar-refractivity contribution in [1.29, 1.82) is 0 Å². The van der Waals surface area contributed by atoms with Crippen LogP contribution in [0.15, 0.2) is 0 Å². The van der Waals surface area contributed by atoms with Gasteiger partial charge in [-0.2, -0.15) is 0 Å². The fraction of sp³-hybridized carbons (Fsp3) is 1.00. The van der Waals surface area contributed by atoms with Crippen LogP contribution < -0.4 is 0 Å². The molecule has 0 saturated heterocycles. The van der Waals surface area contributed by atoms with Crippen LogP contribution in [0.5, 0.6) is 0 Å². The summed E-state index contributed by atoms with van der Waals surface area (Å²) < 4.78 is 25.9. The Labute approximate surface area is 78.5 Å². The van der Waals surface area contributed by atoms with Crippen molar-refractivity contribution >= 4 is 19.7 Å². The van der Waals surface area contributed by atoms with E-state index in [9.17, 15) is 8.42 Å². The Morgan fingerprint density at radius 3 is 2.33 bits per heavy atom. The largest absolute Gasteiger partial charge is 0.380 e. The van der Waals surface area contributed by atoms with E-state index in [2.05, 4.69) is 13.8 Å². The SMILES string of the molecule is CC(C)CCOCCS(=O)(=O)Cl. The van der Waals surface area contributed by atoms with Gasteiger partial charge in [0.2, 0.25) is 9.05 Å². The van der Waals surface area contributed by atoms with Gasteiger partial charge in [-0.25, -0.2) is 8.42 Å². The van der Waals surface area contributed by atoms with E-state index in [-0.39, 0.29) is 12.4 Å². The molecular weight excluding hydrogens is 200 g/mol. The Hall–Kier alpha value is 0.200. The minimum atomic E-state index is -3.38. The van der Waals surface area contributed by atoms with E-state index in [1.165, 1.54) is 0 Å². The number of halogens is 1. The summed E-state index contributed by atoms with van der Waals surface area (Å²) in [6, 6.07) is 0. The zero-order valence-electron chi connectivity index (χ0n) is 7.42. The summed E-state index contributed by atoms with van der Waals surface area (Å²) in [6.07, 6.45) is 0.947. The van der Waals surface area contributed by atoms with Gasteiger partial charge in [-0.15, -0.1) is 0 Å². The van der Waals surface area contributed by atoms with Crippen LogP contribution in [-0.2, 0) is 13.8 Å². The topological polar surface area (TPSA) is 43.4 Å². The molecule has 0 amide bonds. The predicted octanol–water partition coefficient (Wildman–Crippen LogP) is 1.62. The Kier molecular flexibility index (Phi) is 5.88. The predicted molar refractivity (Wildman–Crippen MR) is 49.9 cm³/mol. The summed E-state index contributed by atoms with van der Waals surface area (Å²) in [4.78, 5) is 0. The van der Waals surface area contributed by atoms with Crippen molar-refractivity contribution in [3.8, 4) is 0 Å². The van der Waals surface area contributed by atoms with E-state index >= 15 is 0 Å². The molecule has 0 atom stereocenters. The minimum Gasteiger partial charge on any atom is -0.380 e. The Bertz CT molecular complexity index is 199. The lowest BCUT2D eigenvalue weighted by Crippen LogP contribution is -2.08. The molecule has 0 rings (SSSR count). The molecule has 0 aliphatic carbocycles. The molecule has 0 radical (unpaired) electrons. The normalized spacial score (nSPS) is 12.3. The highest BCUT2D eigenvalue weighted by Crippen LogP contribution is 2.00. The van der Waals surface area contributed by atoms with Crippen molar-refractivity contribution in [2.24, 2.45) is 5.92 Å².